The van der Waals surface area contributed by atoms with Gasteiger partial charge >= 0.3 is 0 Å². The normalized spacial score (nSPS) is 35.7. The summed E-state index contributed by atoms with van der Waals surface area (Å²) in [5.41, 5.74) is 5.20. The van der Waals surface area contributed by atoms with Crippen molar-refractivity contribution in [1.29, 1.82) is 0 Å². The minimum atomic E-state index is -0.176. The average molecular weight is 211 g/mol. The van der Waals surface area contributed by atoms with Gasteiger partial charge in [0.1, 0.15) is 0 Å². The van der Waals surface area contributed by atoms with Gasteiger partial charge in [0.05, 0.1) is 0 Å². The molecule has 2 atom stereocenters. The standard InChI is InChI=1S/C11H21N3O/c1-13-8-6-9-2-3-10(7-8)14(9)5-4-11(12)15/h8-10,13H,2-7H2,1H3,(H2,12,15). The van der Waals surface area contributed by atoms with E-state index in [1.54, 1.807) is 0 Å². The number of fused-ring (bicyclic) bond motifs is 2. The Morgan fingerprint density at radius 3 is 2.47 bits per heavy atom. The Balaban J connectivity index is 1.90. The molecule has 2 aliphatic heterocycles. The first-order valence-corrected chi connectivity index (χ1v) is 5.92. The lowest BCUT2D eigenvalue weighted by atomic mass is 9.97. The third-order valence-electron chi connectivity index (χ3n) is 3.91. The number of primary amides is 1. The van der Waals surface area contributed by atoms with E-state index in [0.717, 1.165) is 6.54 Å². The number of carbonyl (C=O) groups excluding carboxylic acids is 1. The van der Waals surface area contributed by atoms with Gasteiger partial charge in [-0.15, -0.1) is 0 Å². The van der Waals surface area contributed by atoms with Gasteiger partial charge in [-0.3, -0.25) is 9.69 Å². The van der Waals surface area contributed by atoms with Crippen molar-refractivity contribution < 1.29 is 4.79 Å². The summed E-state index contributed by atoms with van der Waals surface area (Å²) in [5, 5.41) is 3.37. The molecule has 2 rings (SSSR count). The summed E-state index contributed by atoms with van der Waals surface area (Å²) in [6, 6.07) is 2.04. The van der Waals surface area contributed by atoms with Crippen LogP contribution in [0.2, 0.25) is 0 Å². The zero-order valence-corrected chi connectivity index (χ0v) is 9.41. The predicted molar refractivity (Wildman–Crippen MR) is 59.4 cm³/mol. The number of nitrogens with two attached hydrogens (primary N) is 1. The highest BCUT2D eigenvalue weighted by Gasteiger charge is 2.39. The van der Waals surface area contributed by atoms with Crippen LogP contribution >= 0.6 is 0 Å². The highest BCUT2D eigenvalue weighted by atomic mass is 16.1. The summed E-state index contributed by atoms with van der Waals surface area (Å²) in [4.78, 5) is 13.3. The van der Waals surface area contributed by atoms with Crippen LogP contribution in [0.5, 0.6) is 0 Å². The summed E-state index contributed by atoms with van der Waals surface area (Å²) in [7, 11) is 2.04. The molecule has 4 nitrogen and oxygen atoms in total. The van der Waals surface area contributed by atoms with Gasteiger partial charge in [-0.25, -0.2) is 0 Å². The minimum Gasteiger partial charge on any atom is -0.370 e. The molecule has 86 valence electrons. The van der Waals surface area contributed by atoms with Crippen LogP contribution in [0.3, 0.4) is 0 Å². The first-order valence-electron chi connectivity index (χ1n) is 5.92. The number of hydrogen-bond donors (Lipinski definition) is 2. The van der Waals surface area contributed by atoms with Gasteiger partial charge in [-0.1, -0.05) is 0 Å². The Labute approximate surface area is 91.2 Å². The lowest BCUT2D eigenvalue weighted by Gasteiger charge is -2.38. The number of rotatable bonds is 4. The number of piperidine rings is 1. The van der Waals surface area contributed by atoms with Gasteiger partial charge in [0.25, 0.3) is 0 Å². The maximum absolute atomic E-state index is 10.8. The van der Waals surface area contributed by atoms with Crippen LogP contribution in [0.15, 0.2) is 0 Å². The molecule has 15 heavy (non-hydrogen) atoms. The van der Waals surface area contributed by atoms with Crippen molar-refractivity contribution in [2.24, 2.45) is 5.73 Å². The molecule has 2 heterocycles. The van der Waals surface area contributed by atoms with Crippen molar-refractivity contribution >= 4 is 5.91 Å². The molecule has 2 saturated heterocycles. The number of carbonyl (C=O) groups is 1. The second kappa shape index (κ2) is 4.49. The fourth-order valence-electron chi connectivity index (χ4n) is 3.11. The van der Waals surface area contributed by atoms with Gasteiger partial charge in [0.2, 0.25) is 5.91 Å². The van der Waals surface area contributed by atoms with Crippen LogP contribution in [0, 0.1) is 0 Å². The molecule has 0 radical (unpaired) electrons. The smallest absolute Gasteiger partial charge is 0.218 e. The fourth-order valence-corrected chi connectivity index (χ4v) is 3.11. The van der Waals surface area contributed by atoms with Crippen LogP contribution < -0.4 is 11.1 Å². The van der Waals surface area contributed by atoms with E-state index in [1.807, 2.05) is 7.05 Å². The SMILES string of the molecule is CNC1CC2CCC(C1)N2CCC(N)=O. The third-order valence-corrected chi connectivity index (χ3v) is 3.91. The predicted octanol–water partition coefficient (Wildman–Crippen LogP) is 0.0766. The number of nitrogens with one attached hydrogen (secondary N) is 1. The van der Waals surface area contributed by atoms with Gasteiger partial charge in [0.15, 0.2) is 0 Å². The molecule has 2 fully saturated rings. The van der Waals surface area contributed by atoms with E-state index in [0.29, 0.717) is 24.5 Å². The lowest BCUT2D eigenvalue weighted by Crippen LogP contribution is -2.49. The van der Waals surface area contributed by atoms with E-state index in [2.05, 4.69) is 10.2 Å². The lowest BCUT2D eigenvalue weighted by molar-refractivity contribution is -0.118. The van der Waals surface area contributed by atoms with Crippen LogP contribution in [-0.4, -0.2) is 42.5 Å². The van der Waals surface area contributed by atoms with E-state index in [4.69, 9.17) is 5.73 Å². The second-order valence-corrected chi connectivity index (χ2v) is 4.80. The molecule has 2 aliphatic rings. The Hall–Kier alpha value is -0.610. The zero-order valence-electron chi connectivity index (χ0n) is 9.41. The van der Waals surface area contributed by atoms with Gasteiger partial charge in [-0.05, 0) is 32.7 Å². The van der Waals surface area contributed by atoms with Crippen molar-refractivity contribution in [2.75, 3.05) is 13.6 Å². The largest absolute Gasteiger partial charge is 0.370 e. The number of amides is 1. The Kier molecular flexibility index (Phi) is 3.26. The number of hydrogen-bond acceptors (Lipinski definition) is 3. The van der Waals surface area contributed by atoms with Crippen molar-refractivity contribution in [3.8, 4) is 0 Å². The molecule has 0 aliphatic carbocycles. The summed E-state index contributed by atoms with van der Waals surface area (Å²) in [6.45, 7) is 0.862. The van der Waals surface area contributed by atoms with Crippen molar-refractivity contribution in [2.45, 2.75) is 50.2 Å². The highest BCUT2D eigenvalue weighted by Crippen LogP contribution is 2.35. The quantitative estimate of drug-likeness (QED) is 0.692. The molecule has 1 amide bonds. The summed E-state index contributed by atoms with van der Waals surface area (Å²) in [6.07, 6.45) is 5.55. The molecule has 3 N–H and O–H groups in total. The molecule has 2 bridgehead atoms. The monoisotopic (exact) mass is 211 g/mol. The number of nitrogens with zero attached hydrogens (tertiary/aromatic N) is 1. The van der Waals surface area contributed by atoms with E-state index < -0.39 is 0 Å². The summed E-state index contributed by atoms with van der Waals surface area (Å²) >= 11 is 0. The van der Waals surface area contributed by atoms with E-state index >= 15 is 0 Å². The second-order valence-electron chi connectivity index (χ2n) is 4.80. The Morgan fingerprint density at radius 1 is 1.40 bits per heavy atom. The first kappa shape index (κ1) is 10.9. The molecule has 0 aromatic rings. The van der Waals surface area contributed by atoms with E-state index in [-0.39, 0.29) is 5.91 Å². The molecule has 0 aromatic carbocycles. The average Bonchev–Trinajstić information content (AvgIpc) is 2.46. The molecule has 0 saturated carbocycles. The van der Waals surface area contributed by atoms with Crippen molar-refractivity contribution in [3.63, 3.8) is 0 Å². The van der Waals surface area contributed by atoms with Crippen LogP contribution in [0.4, 0.5) is 0 Å². The first-order chi connectivity index (χ1) is 7.20. The van der Waals surface area contributed by atoms with E-state index in [1.165, 1.54) is 25.7 Å². The van der Waals surface area contributed by atoms with Gasteiger partial charge in [-0.2, -0.15) is 0 Å². The molecule has 0 aromatic heterocycles. The molecule has 4 heteroatoms. The zero-order chi connectivity index (χ0) is 10.8. The molecular weight excluding hydrogens is 190 g/mol. The minimum absolute atomic E-state index is 0.176. The molecule has 0 spiro atoms. The Morgan fingerprint density at radius 2 is 2.00 bits per heavy atom. The maximum Gasteiger partial charge on any atom is 0.218 e. The van der Waals surface area contributed by atoms with Gasteiger partial charge < -0.3 is 11.1 Å². The van der Waals surface area contributed by atoms with Crippen LogP contribution in [-0.2, 0) is 4.79 Å². The summed E-state index contributed by atoms with van der Waals surface area (Å²) in [5.74, 6) is -0.176. The topological polar surface area (TPSA) is 58.4 Å². The third kappa shape index (κ3) is 2.32. The van der Waals surface area contributed by atoms with Crippen LogP contribution in [0.25, 0.3) is 0 Å². The highest BCUT2D eigenvalue weighted by molar-refractivity contribution is 5.73. The van der Waals surface area contributed by atoms with Gasteiger partial charge in [0, 0.05) is 31.1 Å². The van der Waals surface area contributed by atoms with E-state index in [9.17, 15) is 4.79 Å². The molecule has 2 unspecified atom stereocenters. The Bertz CT molecular complexity index is 230. The van der Waals surface area contributed by atoms with Crippen molar-refractivity contribution in [1.82, 2.24) is 10.2 Å². The van der Waals surface area contributed by atoms with Crippen molar-refractivity contribution in [3.05, 3.63) is 0 Å². The fraction of sp³-hybridized carbons (Fsp3) is 0.909. The maximum atomic E-state index is 10.8. The summed E-state index contributed by atoms with van der Waals surface area (Å²) < 4.78 is 0. The molecular formula is C11H21N3O. The van der Waals surface area contributed by atoms with Crippen LogP contribution in [0.1, 0.15) is 32.1 Å².